The number of carbonyl (C=O) groups is 1. The number of benzene rings is 1. The van der Waals surface area contributed by atoms with Gasteiger partial charge in [0.05, 0.1) is 23.4 Å². The fourth-order valence-electron chi connectivity index (χ4n) is 3.12. The molecule has 3 heterocycles. The highest BCUT2D eigenvalue weighted by Gasteiger charge is 2.14. The summed E-state index contributed by atoms with van der Waals surface area (Å²) in [4.78, 5) is 17.5. The van der Waals surface area contributed by atoms with Crippen LogP contribution < -0.4 is 10.1 Å². The molecule has 146 valence electrons. The summed E-state index contributed by atoms with van der Waals surface area (Å²) in [6.45, 7) is 1.92. The molecule has 0 atom stereocenters. The molecule has 4 aromatic rings. The minimum absolute atomic E-state index is 0.142. The van der Waals surface area contributed by atoms with E-state index in [1.165, 1.54) is 11.3 Å². The molecule has 1 N–H and O–H groups in total. The summed E-state index contributed by atoms with van der Waals surface area (Å²) in [6.07, 6.45) is 1.74. The van der Waals surface area contributed by atoms with Crippen LogP contribution in [0, 0.1) is 6.92 Å². The van der Waals surface area contributed by atoms with E-state index >= 15 is 0 Å². The molecule has 1 aromatic carbocycles. The number of rotatable bonds is 5. The van der Waals surface area contributed by atoms with Gasteiger partial charge in [-0.15, -0.1) is 11.3 Å². The van der Waals surface area contributed by atoms with Crippen LogP contribution in [0.2, 0.25) is 0 Å². The topological polar surface area (TPSA) is 69.0 Å². The van der Waals surface area contributed by atoms with Gasteiger partial charge in [0.25, 0.3) is 5.91 Å². The van der Waals surface area contributed by atoms with Crippen LogP contribution in [0.5, 0.6) is 5.75 Å². The van der Waals surface area contributed by atoms with E-state index in [2.05, 4.69) is 15.4 Å². The number of nitrogens with zero attached hydrogens (tertiary/aromatic N) is 3. The van der Waals surface area contributed by atoms with Crippen LogP contribution in [0.25, 0.3) is 22.5 Å². The largest absolute Gasteiger partial charge is 0.496 e. The quantitative estimate of drug-likeness (QED) is 0.520. The second-order valence-electron chi connectivity index (χ2n) is 6.56. The summed E-state index contributed by atoms with van der Waals surface area (Å²) in [7, 11) is 3.54. The Balaban J connectivity index is 1.57. The van der Waals surface area contributed by atoms with Crippen molar-refractivity contribution in [2.75, 3.05) is 12.4 Å². The van der Waals surface area contributed by atoms with E-state index in [1.54, 1.807) is 19.4 Å². The Labute approximate surface area is 172 Å². The first-order chi connectivity index (χ1) is 14.1. The molecule has 0 radical (unpaired) electrons. The zero-order valence-electron chi connectivity index (χ0n) is 16.3. The summed E-state index contributed by atoms with van der Waals surface area (Å²) >= 11 is 1.42. The number of hydrogen-bond donors (Lipinski definition) is 1. The van der Waals surface area contributed by atoms with E-state index in [9.17, 15) is 4.79 Å². The number of pyridine rings is 1. The molecule has 6 nitrogen and oxygen atoms in total. The second-order valence-corrected chi connectivity index (χ2v) is 7.47. The van der Waals surface area contributed by atoms with Crippen LogP contribution in [0.4, 0.5) is 5.82 Å². The lowest BCUT2D eigenvalue weighted by Crippen LogP contribution is -2.12. The zero-order valence-corrected chi connectivity index (χ0v) is 17.2. The summed E-state index contributed by atoms with van der Waals surface area (Å²) in [5.41, 5.74) is 4.55. The van der Waals surface area contributed by atoms with E-state index in [4.69, 9.17) is 4.74 Å². The first kappa shape index (κ1) is 18.9. The predicted octanol–water partition coefficient (Wildman–Crippen LogP) is 4.78. The van der Waals surface area contributed by atoms with Crippen LogP contribution >= 0.6 is 11.3 Å². The minimum atomic E-state index is -0.142. The first-order valence-electron chi connectivity index (χ1n) is 9.06. The van der Waals surface area contributed by atoms with E-state index in [1.807, 2.05) is 66.5 Å². The number of ether oxygens (including phenoxy) is 1. The van der Waals surface area contributed by atoms with Crippen molar-refractivity contribution in [3.05, 3.63) is 70.5 Å². The normalized spacial score (nSPS) is 10.7. The molecule has 0 aliphatic rings. The molecular formula is C22H20N4O2S. The minimum Gasteiger partial charge on any atom is -0.496 e. The molecule has 29 heavy (non-hydrogen) atoms. The predicted molar refractivity (Wildman–Crippen MR) is 115 cm³/mol. The maximum Gasteiger partial charge on any atom is 0.267 e. The van der Waals surface area contributed by atoms with Gasteiger partial charge in [-0.25, -0.2) is 4.98 Å². The Bertz CT molecular complexity index is 1160. The lowest BCUT2D eigenvalue weighted by Gasteiger charge is -2.05. The Morgan fingerprint density at radius 1 is 1.17 bits per heavy atom. The molecule has 0 saturated carbocycles. The molecule has 0 saturated heterocycles. The molecule has 0 spiro atoms. The highest BCUT2D eigenvalue weighted by molar-refractivity contribution is 7.12. The van der Waals surface area contributed by atoms with Crippen molar-refractivity contribution in [3.63, 3.8) is 0 Å². The van der Waals surface area contributed by atoms with Gasteiger partial charge in [0.1, 0.15) is 11.6 Å². The standard InChI is InChI=1S/C22H20N4O2S/c1-14-10-11-29-21(14)22(27)24-20-9-8-15(13-23-20)18-12-17(25-26(18)2)16-6-4-5-7-19(16)28-3/h4-13H,1-3H3,(H,23,24,27). The van der Waals surface area contributed by atoms with Crippen molar-refractivity contribution in [2.24, 2.45) is 7.05 Å². The van der Waals surface area contributed by atoms with E-state index in [-0.39, 0.29) is 5.91 Å². The molecule has 0 unspecified atom stereocenters. The first-order valence-corrected chi connectivity index (χ1v) is 9.94. The highest BCUT2D eigenvalue weighted by Crippen LogP contribution is 2.31. The molecular weight excluding hydrogens is 384 g/mol. The average molecular weight is 404 g/mol. The number of nitrogens with one attached hydrogen (secondary N) is 1. The smallest absolute Gasteiger partial charge is 0.267 e. The molecule has 7 heteroatoms. The number of hydrogen-bond acceptors (Lipinski definition) is 5. The third kappa shape index (κ3) is 3.77. The number of methoxy groups -OCH3 is 1. The molecule has 1 amide bonds. The number of amides is 1. The van der Waals surface area contributed by atoms with Gasteiger partial charge in [-0.1, -0.05) is 12.1 Å². The maximum atomic E-state index is 12.4. The molecule has 0 aliphatic heterocycles. The van der Waals surface area contributed by atoms with Crippen LogP contribution in [0.15, 0.2) is 60.1 Å². The number of para-hydroxylation sites is 1. The molecule has 0 aliphatic carbocycles. The monoisotopic (exact) mass is 404 g/mol. The fraction of sp³-hybridized carbons (Fsp3) is 0.136. The Hall–Kier alpha value is -3.45. The van der Waals surface area contributed by atoms with Crippen molar-refractivity contribution in [3.8, 4) is 28.3 Å². The molecule has 0 fully saturated rings. The summed E-state index contributed by atoms with van der Waals surface area (Å²) in [5.74, 6) is 1.15. The van der Waals surface area contributed by atoms with Gasteiger partial charge in [0.15, 0.2) is 0 Å². The van der Waals surface area contributed by atoms with Crippen molar-refractivity contribution in [1.29, 1.82) is 0 Å². The number of anilines is 1. The van der Waals surface area contributed by atoms with Gasteiger partial charge in [-0.05, 0) is 54.3 Å². The summed E-state index contributed by atoms with van der Waals surface area (Å²) in [6, 6.07) is 15.4. The van der Waals surface area contributed by atoms with Gasteiger partial charge >= 0.3 is 0 Å². The number of aryl methyl sites for hydroxylation is 2. The van der Waals surface area contributed by atoms with Gasteiger partial charge in [-0.3, -0.25) is 9.48 Å². The summed E-state index contributed by atoms with van der Waals surface area (Å²) in [5, 5.41) is 9.37. The Morgan fingerprint density at radius 2 is 2.00 bits per heavy atom. The van der Waals surface area contributed by atoms with Crippen LogP contribution in [0.1, 0.15) is 15.2 Å². The lowest BCUT2D eigenvalue weighted by molar-refractivity contribution is 0.102. The lowest BCUT2D eigenvalue weighted by atomic mass is 10.1. The van der Waals surface area contributed by atoms with Gasteiger partial charge < -0.3 is 10.1 Å². The fourth-order valence-corrected chi connectivity index (χ4v) is 3.94. The van der Waals surface area contributed by atoms with Crippen LogP contribution in [-0.2, 0) is 7.05 Å². The van der Waals surface area contributed by atoms with E-state index in [0.717, 1.165) is 33.8 Å². The van der Waals surface area contributed by atoms with Crippen molar-refractivity contribution >= 4 is 23.1 Å². The maximum absolute atomic E-state index is 12.4. The summed E-state index contributed by atoms with van der Waals surface area (Å²) < 4.78 is 7.26. The van der Waals surface area contributed by atoms with Crippen molar-refractivity contribution in [1.82, 2.24) is 14.8 Å². The Morgan fingerprint density at radius 3 is 2.69 bits per heavy atom. The molecule has 0 bridgehead atoms. The van der Waals surface area contributed by atoms with Gasteiger partial charge in [0, 0.05) is 24.4 Å². The second kappa shape index (κ2) is 7.89. The van der Waals surface area contributed by atoms with Gasteiger partial charge in [0.2, 0.25) is 0 Å². The highest BCUT2D eigenvalue weighted by atomic mass is 32.1. The van der Waals surface area contributed by atoms with E-state index < -0.39 is 0 Å². The number of carbonyl (C=O) groups excluding carboxylic acids is 1. The Kier molecular flexibility index (Phi) is 5.14. The third-order valence-corrected chi connectivity index (χ3v) is 5.65. The van der Waals surface area contributed by atoms with Crippen molar-refractivity contribution in [2.45, 2.75) is 6.92 Å². The van der Waals surface area contributed by atoms with Crippen LogP contribution in [0.3, 0.4) is 0 Å². The van der Waals surface area contributed by atoms with Gasteiger partial charge in [-0.2, -0.15) is 5.10 Å². The van der Waals surface area contributed by atoms with E-state index in [0.29, 0.717) is 10.7 Å². The van der Waals surface area contributed by atoms with Crippen molar-refractivity contribution < 1.29 is 9.53 Å². The molecule has 3 aromatic heterocycles. The number of aromatic nitrogens is 3. The number of thiophene rings is 1. The molecule has 4 rings (SSSR count). The SMILES string of the molecule is COc1ccccc1-c1cc(-c2ccc(NC(=O)c3sccc3C)nc2)n(C)n1. The zero-order chi connectivity index (χ0) is 20.4. The third-order valence-electron chi connectivity index (χ3n) is 4.63. The van der Waals surface area contributed by atoms with Crippen LogP contribution in [-0.4, -0.2) is 27.8 Å². The average Bonchev–Trinajstić information content (AvgIpc) is 3.34.